The highest BCUT2D eigenvalue weighted by atomic mass is 35.5. The molecule has 118 valence electrons. The van der Waals surface area contributed by atoms with Crippen molar-refractivity contribution in [2.75, 3.05) is 18.9 Å². The van der Waals surface area contributed by atoms with Crippen molar-refractivity contribution in [3.8, 4) is 0 Å². The van der Waals surface area contributed by atoms with Gasteiger partial charge in [0.2, 0.25) is 10.0 Å². The molecule has 0 bridgehead atoms. The summed E-state index contributed by atoms with van der Waals surface area (Å²) in [6.45, 7) is 2.20. The summed E-state index contributed by atoms with van der Waals surface area (Å²) in [5.74, 6) is 0. The van der Waals surface area contributed by atoms with Gasteiger partial charge >= 0.3 is 0 Å². The van der Waals surface area contributed by atoms with E-state index in [4.69, 9.17) is 22.4 Å². The molecule has 2 rings (SSSR count). The van der Waals surface area contributed by atoms with Crippen LogP contribution in [0.15, 0.2) is 17.0 Å². The summed E-state index contributed by atoms with van der Waals surface area (Å²) in [7, 11) is -3.64. The van der Waals surface area contributed by atoms with E-state index >= 15 is 0 Å². The lowest BCUT2D eigenvalue weighted by Crippen LogP contribution is -2.44. The fraction of sp³-hybridized carbons (Fsp3) is 0.571. The largest absolute Gasteiger partial charge is 0.398 e. The van der Waals surface area contributed by atoms with E-state index in [0.29, 0.717) is 29.2 Å². The predicted octanol–water partition coefficient (Wildman–Crippen LogP) is 2.16. The van der Waals surface area contributed by atoms with Crippen LogP contribution in [-0.4, -0.2) is 37.0 Å². The maximum atomic E-state index is 12.8. The van der Waals surface area contributed by atoms with Gasteiger partial charge in [-0.3, -0.25) is 0 Å². The monoisotopic (exact) mass is 332 g/mol. The standard InChI is InChI=1S/C14H21ClN2O3S/c1-10-13(15)8-12(9-14(10)16)21(19,20)17-6-3-2-4-11(17)5-7-18/h8-9,11,18H,2-7,16H2,1H3. The third kappa shape index (κ3) is 3.34. The average Bonchev–Trinajstić information content (AvgIpc) is 2.45. The van der Waals surface area contributed by atoms with Crippen molar-refractivity contribution in [3.05, 3.63) is 22.7 Å². The van der Waals surface area contributed by atoms with Gasteiger partial charge in [-0.05, 0) is 43.9 Å². The van der Waals surface area contributed by atoms with Crippen molar-refractivity contribution in [2.45, 2.75) is 43.5 Å². The van der Waals surface area contributed by atoms with Crippen LogP contribution in [0.3, 0.4) is 0 Å². The van der Waals surface area contributed by atoms with Crippen LogP contribution in [-0.2, 0) is 10.0 Å². The van der Waals surface area contributed by atoms with Crippen LogP contribution in [0.1, 0.15) is 31.2 Å². The Kier molecular flexibility index (Phi) is 5.14. The lowest BCUT2D eigenvalue weighted by Gasteiger charge is -2.34. The quantitative estimate of drug-likeness (QED) is 0.827. The van der Waals surface area contributed by atoms with Gasteiger partial charge in [-0.1, -0.05) is 18.0 Å². The molecule has 1 heterocycles. The lowest BCUT2D eigenvalue weighted by atomic mass is 10.0. The number of benzene rings is 1. The van der Waals surface area contributed by atoms with Crippen molar-refractivity contribution in [1.29, 1.82) is 0 Å². The first-order chi connectivity index (χ1) is 9.87. The highest BCUT2D eigenvalue weighted by Gasteiger charge is 2.33. The Hall–Kier alpha value is -0.820. The number of hydrogen-bond donors (Lipinski definition) is 2. The summed E-state index contributed by atoms with van der Waals surface area (Å²) >= 11 is 6.06. The molecule has 3 N–H and O–H groups in total. The summed E-state index contributed by atoms with van der Waals surface area (Å²) in [5.41, 5.74) is 6.89. The van der Waals surface area contributed by atoms with Crippen LogP contribution in [0.4, 0.5) is 5.69 Å². The van der Waals surface area contributed by atoms with Gasteiger partial charge in [0.1, 0.15) is 0 Å². The minimum Gasteiger partial charge on any atom is -0.398 e. The summed E-state index contributed by atoms with van der Waals surface area (Å²) in [4.78, 5) is 0.125. The SMILES string of the molecule is Cc1c(N)cc(S(=O)(=O)N2CCCCC2CCO)cc1Cl. The zero-order valence-electron chi connectivity index (χ0n) is 12.0. The molecule has 1 aliphatic rings. The van der Waals surface area contributed by atoms with E-state index in [1.165, 1.54) is 16.4 Å². The fourth-order valence-electron chi connectivity index (χ4n) is 2.69. The number of hydrogen-bond acceptors (Lipinski definition) is 4. The maximum absolute atomic E-state index is 12.8. The molecule has 7 heteroatoms. The van der Waals surface area contributed by atoms with E-state index in [1.807, 2.05) is 0 Å². The molecule has 1 saturated heterocycles. The molecule has 0 saturated carbocycles. The van der Waals surface area contributed by atoms with Crippen molar-refractivity contribution < 1.29 is 13.5 Å². The maximum Gasteiger partial charge on any atom is 0.243 e. The smallest absolute Gasteiger partial charge is 0.243 e. The molecule has 1 aromatic carbocycles. The molecular weight excluding hydrogens is 312 g/mol. The number of aliphatic hydroxyl groups is 1. The molecule has 0 spiro atoms. The third-order valence-corrected chi connectivity index (χ3v) is 6.32. The highest BCUT2D eigenvalue weighted by Crippen LogP contribution is 2.31. The minimum absolute atomic E-state index is 0.0204. The fourth-order valence-corrected chi connectivity index (χ4v) is 4.76. The molecular formula is C14H21ClN2O3S. The number of halogens is 1. The first-order valence-electron chi connectivity index (χ1n) is 7.06. The summed E-state index contributed by atoms with van der Waals surface area (Å²) in [5, 5.41) is 9.49. The van der Waals surface area contributed by atoms with Crippen LogP contribution >= 0.6 is 11.6 Å². The van der Waals surface area contributed by atoms with Crippen molar-refractivity contribution in [1.82, 2.24) is 4.31 Å². The molecule has 0 aliphatic carbocycles. The topological polar surface area (TPSA) is 83.6 Å². The molecule has 0 amide bonds. The summed E-state index contributed by atoms with van der Waals surface area (Å²) in [6.07, 6.45) is 3.03. The van der Waals surface area contributed by atoms with E-state index in [9.17, 15) is 8.42 Å². The van der Waals surface area contributed by atoms with Crippen LogP contribution in [0.5, 0.6) is 0 Å². The molecule has 0 aromatic heterocycles. The predicted molar refractivity (Wildman–Crippen MR) is 83.8 cm³/mol. The van der Waals surface area contributed by atoms with Gasteiger partial charge in [0.25, 0.3) is 0 Å². The van der Waals surface area contributed by atoms with Crippen LogP contribution in [0, 0.1) is 6.92 Å². The Morgan fingerprint density at radius 2 is 2.14 bits per heavy atom. The molecule has 1 aliphatic heterocycles. The van der Waals surface area contributed by atoms with Crippen molar-refractivity contribution >= 4 is 27.3 Å². The number of nitrogens with zero attached hydrogens (tertiary/aromatic N) is 1. The van der Waals surface area contributed by atoms with E-state index in [1.54, 1.807) is 6.92 Å². The number of aliphatic hydroxyl groups excluding tert-OH is 1. The second-order valence-electron chi connectivity index (χ2n) is 5.40. The molecule has 0 radical (unpaired) electrons. The van der Waals surface area contributed by atoms with Gasteiger partial charge in [-0.2, -0.15) is 4.31 Å². The Morgan fingerprint density at radius 1 is 1.43 bits per heavy atom. The molecule has 5 nitrogen and oxygen atoms in total. The second kappa shape index (κ2) is 6.52. The molecule has 1 aromatic rings. The Morgan fingerprint density at radius 3 is 2.76 bits per heavy atom. The van der Waals surface area contributed by atoms with Gasteiger partial charge in [0.05, 0.1) is 4.90 Å². The van der Waals surface area contributed by atoms with Crippen molar-refractivity contribution in [3.63, 3.8) is 0 Å². The molecule has 1 atom stereocenters. The number of rotatable bonds is 4. The number of nitrogen functional groups attached to an aromatic ring is 1. The van der Waals surface area contributed by atoms with Crippen LogP contribution in [0.25, 0.3) is 0 Å². The van der Waals surface area contributed by atoms with Crippen LogP contribution < -0.4 is 5.73 Å². The summed E-state index contributed by atoms with van der Waals surface area (Å²) < 4.78 is 27.1. The number of anilines is 1. The van der Waals surface area contributed by atoms with Crippen LogP contribution in [0.2, 0.25) is 5.02 Å². The van der Waals surface area contributed by atoms with Gasteiger partial charge < -0.3 is 10.8 Å². The third-order valence-electron chi connectivity index (χ3n) is 4.00. The van der Waals surface area contributed by atoms with Gasteiger partial charge in [0, 0.05) is 29.9 Å². The Bertz CT molecular complexity index is 594. The summed E-state index contributed by atoms with van der Waals surface area (Å²) in [6, 6.07) is 2.75. The molecule has 1 unspecified atom stereocenters. The normalized spacial score (nSPS) is 20.6. The van der Waals surface area contributed by atoms with E-state index in [2.05, 4.69) is 0 Å². The Balaban J connectivity index is 2.40. The molecule has 1 fully saturated rings. The number of sulfonamides is 1. The minimum atomic E-state index is -3.64. The van der Waals surface area contributed by atoms with E-state index in [0.717, 1.165) is 19.3 Å². The first-order valence-corrected chi connectivity index (χ1v) is 8.88. The van der Waals surface area contributed by atoms with Gasteiger partial charge in [-0.15, -0.1) is 0 Å². The highest BCUT2D eigenvalue weighted by molar-refractivity contribution is 7.89. The lowest BCUT2D eigenvalue weighted by molar-refractivity contribution is 0.192. The number of nitrogens with two attached hydrogens (primary N) is 1. The Labute approximate surface area is 130 Å². The first kappa shape index (κ1) is 16.5. The zero-order chi connectivity index (χ0) is 15.6. The zero-order valence-corrected chi connectivity index (χ0v) is 13.6. The molecule has 21 heavy (non-hydrogen) atoms. The van der Waals surface area contributed by atoms with Gasteiger partial charge in [0.15, 0.2) is 0 Å². The van der Waals surface area contributed by atoms with Gasteiger partial charge in [-0.25, -0.2) is 8.42 Å². The van der Waals surface area contributed by atoms with E-state index in [-0.39, 0.29) is 17.5 Å². The van der Waals surface area contributed by atoms with E-state index < -0.39 is 10.0 Å². The number of piperidine rings is 1. The average molecular weight is 333 g/mol. The van der Waals surface area contributed by atoms with Crippen molar-refractivity contribution in [2.24, 2.45) is 0 Å². The second-order valence-corrected chi connectivity index (χ2v) is 7.69.